The highest BCUT2D eigenvalue weighted by Crippen LogP contribution is 2.28. The molecule has 26 heavy (non-hydrogen) atoms. The second kappa shape index (κ2) is 11.4. The van der Waals surface area contributed by atoms with Crippen LogP contribution in [0.5, 0.6) is 0 Å². The van der Waals surface area contributed by atoms with E-state index in [2.05, 4.69) is 5.32 Å². The highest BCUT2D eigenvalue weighted by Gasteiger charge is 2.17. The largest absolute Gasteiger partial charge is 0.354 e. The van der Waals surface area contributed by atoms with Crippen molar-refractivity contribution in [2.24, 2.45) is 0 Å². The summed E-state index contributed by atoms with van der Waals surface area (Å²) in [6, 6.07) is 13.1. The Morgan fingerprint density at radius 3 is 2.35 bits per heavy atom. The minimum absolute atomic E-state index is 0.0591. The second-order valence-electron chi connectivity index (χ2n) is 5.51. The van der Waals surface area contributed by atoms with Gasteiger partial charge in [0.15, 0.2) is 0 Å². The molecule has 2 aromatic carbocycles. The van der Waals surface area contributed by atoms with Crippen LogP contribution < -0.4 is 5.32 Å². The van der Waals surface area contributed by atoms with Crippen molar-refractivity contribution in [3.05, 3.63) is 63.1 Å². The average molecular weight is 449 g/mol. The van der Waals surface area contributed by atoms with E-state index < -0.39 is 0 Å². The van der Waals surface area contributed by atoms with Crippen LogP contribution in [0.25, 0.3) is 0 Å². The Balaban J connectivity index is 1.73. The first-order valence-corrected chi connectivity index (χ1v) is 11.4. The molecule has 0 bridgehead atoms. The Kier molecular flexibility index (Phi) is 9.51. The van der Waals surface area contributed by atoms with Crippen LogP contribution in [0.3, 0.4) is 0 Å². The molecule has 1 atom stereocenters. The van der Waals surface area contributed by atoms with E-state index in [0.717, 1.165) is 28.4 Å². The Morgan fingerprint density at radius 2 is 1.73 bits per heavy atom. The number of amides is 1. The highest BCUT2D eigenvalue weighted by atomic mass is 35.5. The first kappa shape index (κ1) is 21.8. The van der Waals surface area contributed by atoms with Gasteiger partial charge in [-0.2, -0.15) is 11.8 Å². The predicted octanol–water partition coefficient (Wildman–Crippen LogP) is 6.57. The van der Waals surface area contributed by atoms with Crippen LogP contribution in [-0.2, 0) is 10.5 Å². The number of halogens is 3. The van der Waals surface area contributed by atoms with Crippen LogP contribution in [0.4, 0.5) is 0 Å². The maximum absolute atomic E-state index is 12.4. The van der Waals surface area contributed by atoms with Crippen LogP contribution in [0.15, 0.2) is 47.4 Å². The van der Waals surface area contributed by atoms with Crippen LogP contribution >= 0.6 is 58.3 Å². The summed E-state index contributed by atoms with van der Waals surface area (Å²) in [4.78, 5) is 13.4. The molecule has 0 aromatic heterocycles. The number of thioether (sulfide) groups is 2. The highest BCUT2D eigenvalue weighted by molar-refractivity contribution is 8.00. The van der Waals surface area contributed by atoms with E-state index in [4.69, 9.17) is 34.8 Å². The Morgan fingerprint density at radius 1 is 1.08 bits per heavy atom. The van der Waals surface area contributed by atoms with E-state index in [9.17, 15) is 4.79 Å². The third-order valence-corrected chi connectivity index (χ3v) is 6.93. The van der Waals surface area contributed by atoms with Crippen LogP contribution in [0.2, 0.25) is 15.1 Å². The molecule has 0 aliphatic carbocycles. The number of carbonyl (C=O) groups is 1. The van der Waals surface area contributed by atoms with E-state index in [1.165, 1.54) is 0 Å². The van der Waals surface area contributed by atoms with Crippen molar-refractivity contribution in [3.8, 4) is 0 Å². The Hall–Kier alpha value is -0.520. The quantitative estimate of drug-likeness (QED) is 0.347. The summed E-state index contributed by atoms with van der Waals surface area (Å²) in [7, 11) is 0. The molecular formula is C19H20Cl3NOS2. The van der Waals surface area contributed by atoms with Gasteiger partial charge in [-0.3, -0.25) is 4.79 Å². The Bertz CT molecular complexity index is 705. The molecule has 2 rings (SSSR count). The normalized spacial score (nSPS) is 12.0. The van der Waals surface area contributed by atoms with E-state index in [-0.39, 0.29) is 11.2 Å². The van der Waals surface area contributed by atoms with Crippen molar-refractivity contribution in [1.29, 1.82) is 0 Å². The lowest BCUT2D eigenvalue weighted by molar-refractivity contribution is -0.120. The van der Waals surface area contributed by atoms with Crippen molar-refractivity contribution in [1.82, 2.24) is 5.32 Å². The van der Waals surface area contributed by atoms with Gasteiger partial charge >= 0.3 is 0 Å². The number of hydrogen-bond donors (Lipinski definition) is 1. The fourth-order valence-electron chi connectivity index (χ4n) is 2.20. The van der Waals surface area contributed by atoms with Crippen molar-refractivity contribution in [2.75, 3.05) is 12.3 Å². The first-order valence-electron chi connectivity index (χ1n) is 8.21. The van der Waals surface area contributed by atoms with Gasteiger partial charge in [0.05, 0.1) is 5.25 Å². The van der Waals surface area contributed by atoms with Gasteiger partial charge in [-0.1, -0.05) is 47.8 Å². The number of nitrogens with one attached hydrogen (secondary N) is 1. The summed E-state index contributed by atoms with van der Waals surface area (Å²) in [5, 5.41) is 4.95. The topological polar surface area (TPSA) is 29.1 Å². The molecule has 2 aromatic rings. The lowest BCUT2D eigenvalue weighted by atomic mass is 10.2. The van der Waals surface area contributed by atoms with Crippen LogP contribution in [0.1, 0.15) is 18.9 Å². The van der Waals surface area contributed by atoms with Gasteiger partial charge in [0.2, 0.25) is 5.91 Å². The summed E-state index contributed by atoms with van der Waals surface area (Å²) >= 11 is 21.5. The minimum atomic E-state index is -0.112. The van der Waals surface area contributed by atoms with Crippen molar-refractivity contribution < 1.29 is 4.79 Å². The smallest absolute Gasteiger partial charge is 0.233 e. The van der Waals surface area contributed by atoms with Crippen LogP contribution in [-0.4, -0.2) is 23.5 Å². The summed E-state index contributed by atoms with van der Waals surface area (Å²) in [6.45, 7) is 2.63. The zero-order valence-corrected chi connectivity index (χ0v) is 18.2. The molecule has 0 unspecified atom stereocenters. The Labute approximate surface area is 178 Å². The van der Waals surface area contributed by atoms with Crippen molar-refractivity contribution >= 4 is 64.2 Å². The van der Waals surface area contributed by atoms with Crippen molar-refractivity contribution in [3.63, 3.8) is 0 Å². The predicted molar refractivity (Wildman–Crippen MR) is 117 cm³/mol. The lowest BCUT2D eigenvalue weighted by Crippen LogP contribution is -2.33. The fraction of sp³-hybridized carbons (Fsp3) is 0.316. The summed E-state index contributed by atoms with van der Waals surface area (Å²) < 4.78 is 0. The van der Waals surface area contributed by atoms with E-state index >= 15 is 0 Å². The molecule has 0 saturated heterocycles. The van der Waals surface area contributed by atoms with E-state index in [0.29, 0.717) is 21.6 Å². The molecule has 0 heterocycles. The van der Waals surface area contributed by atoms with Gasteiger partial charge in [-0.15, -0.1) is 11.8 Å². The van der Waals surface area contributed by atoms with Gasteiger partial charge in [-0.25, -0.2) is 0 Å². The SMILES string of the molecule is CC[C@@H](Sc1ccc(Cl)cc1)C(=O)NCCSCc1c(Cl)cccc1Cl. The molecule has 2 nitrogen and oxygen atoms in total. The van der Waals surface area contributed by atoms with Crippen LogP contribution in [0, 0.1) is 0 Å². The molecule has 0 saturated carbocycles. The van der Waals surface area contributed by atoms with Gasteiger partial charge < -0.3 is 5.32 Å². The molecule has 0 aliphatic rings. The number of carbonyl (C=O) groups excluding carboxylic acids is 1. The monoisotopic (exact) mass is 447 g/mol. The zero-order chi connectivity index (χ0) is 18.9. The molecule has 7 heteroatoms. The fourth-order valence-corrected chi connectivity index (χ4v) is 4.90. The van der Waals surface area contributed by atoms with Gasteiger partial charge in [0.1, 0.15) is 0 Å². The van der Waals surface area contributed by atoms with Gasteiger partial charge in [-0.05, 0) is 48.4 Å². The molecule has 140 valence electrons. The molecule has 1 amide bonds. The average Bonchev–Trinajstić information content (AvgIpc) is 2.63. The second-order valence-corrected chi connectivity index (χ2v) is 9.14. The standard InChI is InChI=1S/C19H20Cl3NOS2/c1-2-18(26-14-8-6-13(20)7-9-14)19(24)23-10-11-25-12-15-16(21)4-3-5-17(15)22/h3-9,18H,2,10-12H2,1H3,(H,23,24)/t18-/m1/s1. The van der Waals surface area contributed by atoms with E-state index in [1.807, 2.05) is 49.4 Å². The third-order valence-electron chi connectivity index (χ3n) is 3.61. The molecule has 0 spiro atoms. The van der Waals surface area contributed by atoms with Gasteiger partial charge in [0.25, 0.3) is 0 Å². The minimum Gasteiger partial charge on any atom is -0.354 e. The zero-order valence-electron chi connectivity index (χ0n) is 14.3. The summed E-state index contributed by atoms with van der Waals surface area (Å²) in [5.74, 6) is 1.59. The summed E-state index contributed by atoms with van der Waals surface area (Å²) in [6.07, 6.45) is 0.765. The number of benzene rings is 2. The van der Waals surface area contributed by atoms with E-state index in [1.54, 1.807) is 23.5 Å². The first-order chi connectivity index (χ1) is 12.5. The summed E-state index contributed by atoms with van der Waals surface area (Å²) in [5.41, 5.74) is 0.942. The molecule has 1 N–H and O–H groups in total. The number of rotatable bonds is 9. The maximum Gasteiger partial charge on any atom is 0.233 e. The van der Waals surface area contributed by atoms with Crippen molar-refractivity contribution in [2.45, 2.75) is 29.2 Å². The third kappa shape index (κ3) is 6.90. The maximum atomic E-state index is 12.4. The number of hydrogen-bond acceptors (Lipinski definition) is 3. The lowest BCUT2D eigenvalue weighted by Gasteiger charge is -2.15. The molecule has 0 radical (unpaired) electrons. The molecular weight excluding hydrogens is 429 g/mol. The molecule has 0 fully saturated rings. The molecule has 0 aliphatic heterocycles. The van der Waals surface area contributed by atoms with Gasteiger partial charge in [0, 0.05) is 38.0 Å².